The maximum atomic E-state index is 13.2. The van der Waals surface area contributed by atoms with Crippen molar-refractivity contribution in [1.82, 2.24) is 9.97 Å². The molecule has 0 aliphatic carbocycles. The van der Waals surface area contributed by atoms with Gasteiger partial charge in [0.1, 0.15) is 11.3 Å². The zero-order valence-electron chi connectivity index (χ0n) is 13.3. The number of aromatic amines is 1. The zero-order chi connectivity index (χ0) is 16.8. The van der Waals surface area contributed by atoms with Crippen LogP contribution in [0.3, 0.4) is 0 Å². The molecule has 2 aromatic heterocycles. The Hall–Kier alpha value is -2.59. The normalized spacial score (nSPS) is 11.7. The monoisotopic (exact) mass is 338 g/mol. The average molecular weight is 339 g/mol. The van der Waals surface area contributed by atoms with Crippen molar-refractivity contribution in [2.45, 2.75) is 19.8 Å². The topological polar surface area (TPSA) is 58.9 Å². The molecule has 0 saturated heterocycles. The standard InChI is InChI=1S/C19H15ClN2O2/c1-10(2)18-15(11-3-5-12(20)6-4-11)17(23)13-7-8-14-16(19(13)24-18)22-9-21-14/h3-10H,1-2H3,(H,21,22). The van der Waals surface area contributed by atoms with Gasteiger partial charge in [-0.15, -0.1) is 0 Å². The van der Waals surface area contributed by atoms with Crippen molar-refractivity contribution in [1.29, 1.82) is 0 Å². The molecule has 0 spiro atoms. The van der Waals surface area contributed by atoms with Crippen molar-refractivity contribution >= 4 is 33.6 Å². The van der Waals surface area contributed by atoms with Crippen LogP contribution < -0.4 is 5.43 Å². The van der Waals surface area contributed by atoms with Crippen molar-refractivity contribution in [3.05, 3.63) is 63.7 Å². The molecule has 2 aromatic carbocycles. The third-order valence-electron chi connectivity index (χ3n) is 4.13. The van der Waals surface area contributed by atoms with E-state index in [-0.39, 0.29) is 11.3 Å². The number of H-pyrrole nitrogens is 1. The maximum absolute atomic E-state index is 13.2. The van der Waals surface area contributed by atoms with Gasteiger partial charge < -0.3 is 9.40 Å². The molecule has 120 valence electrons. The fourth-order valence-electron chi connectivity index (χ4n) is 2.97. The molecular formula is C19H15ClN2O2. The van der Waals surface area contributed by atoms with Crippen molar-refractivity contribution in [2.75, 3.05) is 0 Å². The minimum absolute atomic E-state index is 0.0489. The third kappa shape index (κ3) is 2.22. The molecule has 0 bridgehead atoms. The van der Waals surface area contributed by atoms with Gasteiger partial charge in [0.05, 0.1) is 22.8 Å². The minimum Gasteiger partial charge on any atom is -0.458 e. The number of rotatable bonds is 2. The van der Waals surface area contributed by atoms with E-state index in [4.69, 9.17) is 16.0 Å². The van der Waals surface area contributed by atoms with Gasteiger partial charge in [0.2, 0.25) is 5.43 Å². The first kappa shape index (κ1) is 15.0. The number of nitrogens with one attached hydrogen (secondary N) is 1. The molecule has 0 atom stereocenters. The van der Waals surface area contributed by atoms with E-state index in [2.05, 4.69) is 9.97 Å². The largest absolute Gasteiger partial charge is 0.458 e. The molecule has 0 radical (unpaired) electrons. The lowest BCUT2D eigenvalue weighted by atomic mass is 9.97. The van der Waals surface area contributed by atoms with Gasteiger partial charge in [-0.3, -0.25) is 4.79 Å². The lowest BCUT2D eigenvalue weighted by molar-refractivity contribution is 0.514. The lowest BCUT2D eigenvalue weighted by Gasteiger charge is -2.13. The summed E-state index contributed by atoms with van der Waals surface area (Å²) in [4.78, 5) is 20.5. The van der Waals surface area contributed by atoms with Gasteiger partial charge in [-0.2, -0.15) is 0 Å². The van der Waals surface area contributed by atoms with Gasteiger partial charge in [0.25, 0.3) is 0 Å². The number of halogens is 1. The van der Waals surface area contributed by atoms with Gasteiger partial charge >= 0.3 is 0 Å². The Morgan fingerprint density at radius 2 is 1.88 bits per heavy atom. The van der Waals surface area contributed by atoms with Crippen LogP contribution in [0.1, 0.15) is 25.5 Å². The number of aromatic nitrogens is 2. The molecule has 0 aliphatic heterocycles. The molecule has 5 heteroatoms. The van der Waals surface area contributed by atoms with Gasteiger partial charge in [-0.25, -0.2) is 4.98 Å². The highest BCUT2D eigenvalue weighted by Gasteiger charge is 2.20. The van der Waals surface area contributed by atoms with Crippen molar-refractivity contribution in [3.63, 3.8) is 0 Å². The molecule has 1 N–H and O–H groups in total. The Balaban J connectivity index is 2.14. The lowest BCUT2D eigenvalue weighted by Crippen LogP contribution is -2.10. The summed E-state index contributed by atoms with van der Waals surface area (Å²) < 4.78 is 6.18. The fraction of sp³-hybridized carbons (Fsp3) is 0.158. The Labute approximate surface area is 143 Å². The highest BCUT2D eigenvalue weighted by atomic mass is 35.5. The van der Waals surface area contributed by atoms with Crippen LogP contribution >= 0.6 is 11.6 Å². The summed E-state index contributed by atoms with van der Waals surface area (Å²) >= 11 is 5.98. The van der Waals surface area contributed by atoms with Gasteiger partial charge in [0, 0.05) is 10.9 Å². The van der Waals surface area contributed by atoms with Crippen LogP contribution in [0.5, 0.6) is 0 Å². The molecule has 4 rings (SSSR count). The van der Waals surface area contributed by atoms with Crippen LogP contribution in [0.2, 0.25) is 5.02 Å². The number of hydrogen-bond donors (Lipinski definition) is 1. The van der Waals surface area contributed by atoms with E-state index in [1.54, 1.807) is 24.5 Å². The van der Waals surface area contributed by atoms with Crippen LogP contribution in [0.25, 0.3) is 33.1 Å². The van der Waals surface area contributed by atoms with Crippen LogP contribution in [0.4, 0.5) is 0 Å². The second-order valence-corrected chi connectivity index (χ2v) is 6.51. The van der Waals surface area contributed by atoms with Gasteiger partial charge in [-0.05, 0) is 29.8 Å². The van der Waals surface area contributed by atoms with Crippen LogP contribution in [0.15, 0.2) is 51.9 Å². The molecule has 4 nitrogen and oxygen atoms in total. The molecule has 0 saturated carbocycles. The highest BCUT2D eigenvalue weighted by Crippen LogP contribution is 2.32. The predicted molar refractivity (Wildman–Crippen MR) is 96.7 cm³/mol. The first-order chi connectivity index (χ1) is 11.6. The van der Waals surface area contributed by atoms with Crippen molar-refractivity contribution in [2.24, 2.45) is 0 Å². The van der Waals surface area contributed by atoms with Crippen molar-refractivity contribution in [3.8, 4) is 11.1 Å². The highest BCUT2D eigenvalue weighted by molar-refractivity contribution is 6.30. The van der Waals surface area contributed by atoms with E-state index in [0.29, 0.717) is 32.8 Å². The molecule has 4 aromatic rings. The second kappa shape index (κ2) is 5.49. The number of hydrogen-bond acceptors (Lipinski definition) is 3. The van der Waals surface area contributed by atoms with E-state index in [0.717, 1.165) is 11.1 Å². The van der Waals surface area contributed by atoms with Crippen molar-refractivity contribution < 1.29 is 4.42 Å². The maximum Gasteiger partial charge on any atom is 0.200 e. The smallest absolute Gasteiger partial charge is 0.200 e. The third-order valence-corrected chi connectivity index (χ3v) is 4.38. The van der Waals surface area contributed by atoms with E-state index < -0.39 is 0 Å². The number of benzene rings is 2. The summed E-state index contributed by atoms with van der Waals surface area (Å²) in [5, 5.41) is 1.16. The van der Waals surface area contributed by atoms with Crippen LogP contribution in [-0.2, 0) is 0 Å². The number of fused-ring (bicyclic) bond motifs is 3. The van der Waals surface area contributed by atoms with E-state index in [1.165, 1.54) is 0 Å². The summed E-state index contributed by atoms with van der Waals surface area (Å²) in [5.41, 5.74) is 3.39. The van der Waals surface area contributed by atoms with E-state index in [9.17, 15) is 4.79 Å². The summed E-state index contributed by atoms with van der Waals surface area (Å²) in [5.74, 6) is 0.715. The minimum atomic E-state index is -0.0489. The zero-order valence-corrected chi connectivity index (χ0v) is 14.0. The SMILES string of the molecule is CC(C)c1oc2c(ccc3[nH]cnc32)c(=O)c1-c1ccc(Cl)cc1. The predicted octanol–water partition coefficient (Wildman–Crippen LogP) is 5.11. The Morgan fingerprint density at radius 3 is 2.58 bits per heavy atom. The summed E-state index contributed by atoms with van der Waals surface area (Å²) in [7, 11) is 0. The Kier molecular flexibility index (Phi) is 3.43. The molecule has 0 unspecified atom stereocenters. The average Bonchev–Trinajstić information content (AvgIpc) is 3.04. The van der Waals surface area contributed by atoms with E-state index in [1.807, 2.05) is 32.0 Å². The van der Waals surface area contributed by atoms with Crippen LogP contribution in [-0.4, -0.2) is 9.97 Å². The van der Waals surface area contributed by atoms with Crippen LogP contribution in [0, 0.1) is 0 Å². The van der Waals surface area contributed by atoms with E-state index >= 15 is 0 Å². The number of imidazole rings is 1. The number of nitrogens with zero attached hydrogens (tertiary/aromatic N) is 1. The first-order valence-electron chi connectivity index (χ1n) is 7.75. The van der Waals surface area contributed by atoms with Gasteiger partial charge in [-0.1, -0.05) is 37.6 Å². The molecule has 2 heterocycles. The molecule has 0 amide bonds. The van der Waals surface area contributed by atoms with Gasteiger partial charge in [0.15, 0.2) is 5.58 Å². The summed E-state index contributed by atoms with van der Waals surface area (Å²) in [6.07, 6.45) is 1.60. The summed E-state index contributed by atoms with van der Waals surface area (Å²) in [6, 6.07) is 10.9. The molecule has 24 heavy (non-hydrogen) atoms. The fourth-order valence-corrected chi connectivity index (χ4v) is 3.09. The quantitative estimate of drug-likeness (QED) is 0.552. The summed E-state index contributed by atoms with van der Waals surface area (Å²) in [6.45, 7) is 4.02. The Morgan fingerprint density at radius 1 is 1.12 bits per heavy atom. The molecular weight excluding hydrogens is 324 g/mol. The second-order valence-electron chi connectivity index (χ2n) is 6.07. The molecule has 0 fully saturated rings. The molecule has 0 aliphatic rings. The first-order valence-corrected chi connectivity index (χ1v) is 8.13. The Bertz CT molecular complexity index is 1110.